The second kappa shape index (κ2) is 7.57. The first-order valence-corrected chi connectivity index (χ1v) is 9.16. The number of rotatable bonds is 4. The molecule has 7 heteroatoms. The second-order valence-electron chi connectivity index (χ2n) is 6.72. The number of anilines is 2. The van der Waals surface area contributed by atoms with Gasteiger partial charge in [-0.05, 0) is 37.5 Å². The van der Waals surface area contributed by atoms with Crippen LogP contribution in [-0.2, 0) is 11.3 Å². The molecule has 4 rings (SSSR count). The number of benzene rings is 1. The Morgan fingerprint density at radius 2 is 1.96 bits per heavy atom. The number of pyridine rings is 1. The van der Waals surface area contributed by atoms with Gasteiger partial charge in [-0.2, -0.15) is 5.10 Å². The molecule has 1 N–H and O–H groups in total. The van der Waals surface area contributed by atoms with Crippen LogP contribution in [0.1, 0.15) is 19.3 Å². The fraction of sp³-hybridized carbons (Fsp3) is 0.300. The van der Waals surface area contributed by atoms with Crippen molar-refractivity contribution in [2.45, 2.75) is 25.8 Å². The van der Waals surface area contributed by atoms with Crippen LogP contribution in [-0.4, -0.2) is 33.8 Å². The molecule has 1 amide bonds. The van der Waals surface area contributed by atoms with Gasteiger partial charge >= 0.3 is 0 Å². The zero-order chi connectivity index (χ0) is 18.6. The lowest BCUT2D eigenvalue weighted by molar-refractivity contribution is -0.117. The Morgan fingerprint density at radius 3 is 2.78 bits per heavy atom. The summed E-state index contributed by atoms with van der Waals surface area (Å²) in [7, 11) is 0. The molecule has 2 aromatic heterocycles. The van der Waals surface area contributed by atoms with E-state index in [2.05, 4.69) is 20.3 Å². The lowest BCUT2D eigenvalue weighted by atomic mass is 10.1. The zero-order valence-corrected chi connectivity index (χ0v) is 15.0. The summed E-state index contributed by atoms with van der Waals surface area (Å²) in [4.78, 5) is 31.1. The molecular formula is C20H21N5O2. The van der Waals surface area contributed by atoms with Crippen LogP contribution in [0.25, 0.3) is 10.9 Å². The maximum absolute atomic E-state index is 12.3. The smallest absolute Gasteiger partial charge is 0.269 e. The quantitative estimate of drug-likeness (QED) is 0.770. The molecule has 0 unspecified atom stereocenters. The van der Waals surface area contributed by atoms with E-state index in [0.717, 1.165) is 42.5 Å². The first-order chi connectivity index (χ1) is 13.2. The molecule has 0 spiro atoms. The molecular weight excluding hydrogens is 342 g/mol. The molecule has 0 radical (unpaired) electrons. The predicted molar refractivity (Wildman–Crippen MR) is 105 cm³/mol. The molecule has 7 nitrogen and oxygen atoms in total. The number of nitrogens with one attached hydrogen (secondary N) is 1. The standard InChI is InChI=1S/C20H21N5O2/c26-19(23-16-7-6-15-5-4-8-21-18(15)11-16)14-25-20(27)12-17(13-22-25)24-9-2-1-3-10-24/h4-8,11-13H,1-3,9-10,14H2,(H,23,26). The van der Waals surface area contributed by atoms with Gasteiger partial charge in [-0.25, -0.2) is 4.68 Å². The first-order valence-electron chi connectivity index (χ1n) is 9.16. The third-order valence-electron chi connectivity index (χ3n) is 4.76. The molecule has 1 aliphatic rings. The minimum Gasteiger partial charge on any atom is -0.370 e. The number of aromatic nitrogens is 3. The van der Waals surface area contributed by atoms with Crippen LogP contribution in [0, 0.1) is 0 Å². The van der Waals surface area contributed by atoms with Crippen molar-refractivity contribution >= 4 is 28.2 Å². The Labute approximate surface area is 156 Å². The van der Waals surface area contributed by atoms with Gasteiger partial charge in [0.2, 0.25) is 5.91 Å². The maximum Gasteiger partial charge on any atom is 0.269 e. The van der Waals surface area contributed by atoms with Crippen LogP contribution in [0.2, 0.25) is 0 Å². The number of carbonyl (C=O) groups excluding carboxylic acids is 1. The highest BCUT2D eigenvalue weighted by Crippen LogP contribution is 2.18. The van der Waals surface area contributed by atoms with Crippen LogP contribution in [0.5, 0.6) is 0 Å². The molecule has 3 heterocycles. The fourth-order valence-electron chi connectivity index (χ4n) is 3.35. The molecule has 1 saturated heterocycles. The molecule has 1 fully saturated rings. The minimum absolute atomic E-state index is 0.126. The van der Waals surface area contributed by atoms with Crippen molar-refractivity contribution in [2.75, 3.05) is 23.3 Å². The molecule has 27 heavy (non-hydrogen) atoms. The Bertz CT molecular complexity index is 1020. The van der Waals surface area contributed by atoms with E-state index in [9.17, 15) is 9.59 Å². The van der Waals surface area contributed by atoms with Gasteiger partial charge in [-0.15, -0.1) is 0 Å². The van der Waals surface area contributed by atoms with Gasteiger partial charge in [0, 0.05) is 36.4 Å². The minimum atomic E-state index is -0.300. The Hall–Kier alpha value is -3.22. The molecule has 0 bridgehead atoms. The van der Waals surface area contributed by atoms with Crippen molar-refractivity contribution in [3.63, 3.8) is 0 Å². The summed E-state index contributed by atoms with van der Waals surface area (Å²) < 4.78 is 1.18. The summed E-state index contributed by atoms with van der Waals surface area (Å²) in [5, 5.41) is 7.97. The summed E-state index contributed by atoms with van der Waals surface area (Å²) in [6, 6.07) is 10.9. The number of hydrogen-bond acceptors (Lipinski definition) is 5. The predicted octanol–water partition coefficient (Wildman–Crippen LogP) is 2.42. The van der Waals surface area contributed by atoms with Crippen LogP contribution in [0.3, 0.4) is 0 Å². The van der Waals surface area contributed by atoms with Crippen LogP contribution >= 0.6 is 0 Å². The summed E-state index contributed by atoms with van der Waals surface area (Å²) in [5.41, 5.74) is 2.01. The van der Waals surface area contributed by atoms with Gasteiger partial charge in [-0.3, -0.25) is 14.6 Å². The average molecular weight is 363 g/mol. The number of hydrogen-bond donors (Lipinski definition) is 1. The van der Waals surface area contributed by atoms with Gasteiger partial charge in [0.15, 0.2) is 0 Å². The summed E-state index contributed by atoms with van der Waals surface area (Å²) in [6.07, 6.45) is 6.87. The van der Waals surface area contributed by atoms with Gasteiger partial charge in [0.1, 0.15) is 6.54 Å². The summed E-state index contributed by atoms with van der Waals surface area (Å²) >= 11 is 0. The third-order valence-corrected chi connectivity index (χ3v) is 4.76. The number of carbonyl (C=O) groups is 1. The topological polar surface area (TPSA) is 80.1 Å². The van der Waals surface area contributed by atoms with Crippen molar-refractivity contribution < 1.29 is 4.79 Å². The molecule has 3 aromatic rings. The van der Waals surface area contributed by atoms with Crippen molar-refractivity contribution in [3.8, 4) is 0 Å². The van der Waals surface area contributed by atoms with Gasteiger partial charge in [0.25, 0.3) is 5.56 Å². The van der Waals surface area contributed by atoms with Crippen LogP contribution < -0.4 is 15.8 Å². The fourth-order valence-corrected chi connectivity index (χ4v) is 3.35. The maximum atomic E-state index is 12.3. The molecule has 0 atom stereocenters. The number of piperidine rings is 1. The van der Waals surface area contributed by atoms with E-state index in [1.54, 1.807) is 18.5 Å². The zero-order valence-electron chi connectivity index (χ0n) is 15.0. The molecule has 1 aliphatic heterocycles. The first kappa shape index (κ1) is 17.2. The van der Waals surface area contributed by atoms with E-state index in [1.807, 2.05) is 30.3 Å². The van der Waals surface area contributed by atoms with Gasteiger partial charge in [0.05, 0.1) is 17.4 Å². The number of fused-ring (bicyclic) bond motifs is 1. The summed E-state index contributed by atoms with van der Waals surface area (Å²) in [6.45, 7) is 1.77. The van der Waals surface area contributed by atoms with E-state index >= 15 is 0 Å². The van der Waals surface area contributed by atoms with Crippen molar-refractivity contribution in [1.82, 2.24) is 14.8 Å². The van der Waals surface area contributed by atoms with E-state index in [0.29, 0.717) is 5.69 Å². The average Bonchev–Trinajstić information content (AvgIpc) is 2.70. The van der Waals surface area contributed by atoms with Crippen molar-refractivity contribution in [2.24, 2.45) is 0 Å². The Kier molecular flexibility index (Phi) is 4.82. The van der Waals surface area contributed by atoms with E-state index in [4.69, 9.17) is 0 Å². The number of amides is 1. The van der Waals surface area contributed by atoms with E-state index in [1.165, 1.54) is 11.1 Å². The van der Waals surface area contributed by atoms with Gasteiger partial charge in [-0.1, -0.05) is 12.1 Å². The largest absolute Gasteiger partial charge is 0.370 e. The van der Waals surface area contributed by atoms with Crippen molar-refractivity contribution in [1.29, 1.82) is 0 Å². The lowest BCUT2D eigenvalue weighted by Crippen LogP contribution is -2.33. The van der Waals surface area contributed by atoms with Crippen LogP contribution in [0.4, 0.5) is 11.4 Å². The SMILES string of the molecule is O=C(Cn1ncc(N2CCCCC2)cc1=O)Nc1ccc2cccnc2c1. The second-order valence-corrected chi connectivity index (χ2v) is 6.72. The number of nitrogens with zero attached hydrogens (tertiary/aromatic N) is 4. The van der Waals surface area contributed by atoms with Gasteiger partial charge < -0.3 is 10.2 Å². The lowest BCUT2D eigenvalue weighted by Gasteiger charge is -2.28. The molecule has 0 saturated carbocycles. The third kappa shape index (κ3) is 3.97. The molecule has 1 aromatic carbocycles. The highest BCUT2D eigenvalue weighted by atomic mass is 16.2. The normalized spacial score (nSPS) is 14.3. The monoisotopic (exact) mass is 363 g/mol. The van der Waals surface area contributed by atoms with E-state index in [-0.39, 0.29) is 18.0 Å². The van der Waals surface area contributed by atoms with Crippen molar-refractivity contribution in [3.05, 3.63) is 59.1 Å². The molecule has 138 valence electrons. The Morgan fingerprint density at radius 1 is 1.11 bits per heavy atom. The highest BCUT2D eigenvalue weighted by Gasteiger charge is 2.13. The summed E-state index contributed by atoms with van der Waals surface area (Å²) in [5.74, 6) is -0.300. The van der Waals surface area contributed by atoms with E-state index < -0.39 is 0 Å². The highest BCUT2D eigenvalue weighted by molar-refractivity contribution is 5.93. The van der Waals surface area contributed by atoms with Crippen LogP contribution in [0.15, 0.2) is 53.6 Å². The molecule has 0 aliphatic carbocycles. The Balaban J connectivity index is 1.44.